The summed E-state index contributed by atoms with van der Waals surface area (Å²) in [6.45, 7) is 13.7. The first-order valence-corrected chi connectivity index (χ1v) is 11.0. The zero-order valence-corrected chi connectivity index (χ0v) is 18.4. The molecule has 29 heavy (non-hydrogen) atoms. The molecule has 2 heterocycles. The topological polar surface area (TPSA) is 51.4 Å². The second-order valence-electron chi connectivity index (χ2n) is 8.44. The van der Waals surface area contributed by atoms with E-state index in [1.165, 1.54) is 37.7 Å². The normalized spacial score (nSPS) is 18.9. The molecule has 1 aliphatic carbocycles. The maximum atomic E-state index is 6.21. The third-order valence-corrected chi connectivity index (χ3v) is 5.87. The predicted molar refractivity (Wildman–Crippen MR) is 116 cm³/mol. The van der Waals surface area contributed by atoms with Crippen molar-refractivity contribution in [2.75, 3.05) is 6.61 Å². The van der Waals surface area contributed by atoms with Crippen LogP contribution in [0.15, 0.2) is 46.4 Å². The van der Waals surface area contributed by atoms with Gasteiger partial charge in [-0.25, -0.2) is 0 Å². The molecule has 0 saturated heterocycles. The molecule has 0 atom stereocenters. The first-order valence-electron chi connectivity index (χ1n) is 11.0. The fourth-order valence-corrected chi connectivity index (χ4v) is 3.82. The van der Waals surface area contributed by atoms with Crippen LogP contribution in [0, 0.1) is 11.8 Å². The van der Waals surface area contributed by atoms with Crippen LogP contribution in [-0.4, -0.2) is 21.7 Å². The number of hydrogen-bond donors (Lipinski definition) is 0. The molecular weight excluding hydrogens is 362 g/mol. The largest absolute Gasteiger partial charge is 0.491 e. The Morgan fingerprint density at radius 1 is 1.28 bits per heavy atom. The van der Waals surface area contributed by atoms with Gasteiger partial charge in [0.2, 0.25) is 5.89 Å². The van der Waals surface area contributed by atoms with Crippen molar-refractivity contribution in [3.05, 3.63) is 53.7 Å². The van der Waals surface area contributed by atoms with Crippen molar-refractivity contribution >= 4 is 5.70 Å². The Kier molecular flexibility index (Phi) is 7.34. The van der Waals surface area contributed by atoms with Gasteiger partial charge in [0.15, 0.2) is 0 Å². The number of aryl methyl sites for hydroxylation is 1. The monoisotopic (exact) mass is 397 g/mol. The fourth-order valence-electron chi connectivity index (χ4n) is 3.82. The highest BCUT2D eigenvalue weighted by atomic mass is 16.5. The van der Waals surface area contributed by atoms with Crippen LogP contribution in [-0.2, 0) is 11.2 Å². The van der Waals surface area contributed by atoms with E-state index in [9.17, 15) is 0 Å². The van der Waals surface area contributed by atoms with Gasteiger partial charge < -0.3 is 14.1 Å². The van der Waals surface area contributed by atoms with Gasteiger partial charge in [-0.2, -0.15) is 0 Å². The zero-order chi connectivity index (χ0) is 20.8. The summed E-state index contributed by atoms with van der Waals surface area (Å²) in [6, 6.07) is 0. The van der Waals surface area contributed by atoms with Crippen LogP contribution in [0.1, 0.15) is 78.0 Å². The van der Waals surface area contributed by atoms with Crippen molar-refractivity contribution in [1.82, 2.24) is 15.1 Å². The first-order chi connectivity index (χ1) is 14.0. The molecule has 1 fully saturated rings. The minimum atomic E-state index is 0.338. The van der Waals surface area contributed by atoms with Crippen molar-refractivity contribution in [3.8, 4) is 0 Å². The lowest BCUT2D eigenvalue weighted by molar-refractivity contribution is 0.142. The highest BCUT2D eigenvalue weighted by Crippen LogP contribution is 2.34. The van der Waals surface area contributed by atoms with Crippen LogP contribution in [0.5, 0.6) is 0 Å². The van der Waals surface area contributed by atoms with Gasteiger partial charge in [0, 0.05) is 12.6 Å². The van der Waals surface area contributed by atoms with Crippen LogP contribution in [0.4, 0.5) is 0 Å². The fraction of sp³-hybridized carbons (Fsp3) is 0.583. The van der Waals surface area contributed by atoms with Crippen molar-refractivity contribution in [2.24, 2.45) is 11.8 Å². The molecule has 1 saturated carbocycles. The van der Waals surface area contributed by atoms with E-state index in [1.807, 2.05) is 23.3 Å². The molecule has 3 rings (SSSR count). The lowest BCUT2D eigenvalue weighted by atomic mass is 9.90. The highest BCUT2D eigenvalue weighted by Gasteiger charge is 2.26. The molecule has 0 unspecified atom stereocenters. The molecule has 2 aliphatic rings. The Hall–Kier alpha value is -2.30. The van der Waals surface area contributed by atoms with Crippen molar-refractivity contribution in [1.29, 1.82) is 0 Å². The Balaban J connectivity index is 1.80. The van der Waals surface area contributed by atoms with E-state index < -0.39 is 0 Å². The Bertz CT molecular complexity index is 795. The average Bonchev–Trinajstić information content (AvgIpc) is 3.17. The van der Waals surface area contributed by atoms with Gasteiger partial charge in [-0.15, -0.1) is 10.2 Å². The summed E-state index contributed by atoms with van der Waals surface area (Å²) in [6.07, 6.45) is 14.3. The molecule has 5 nitrogen and oxygen atoms in total. The van der Waals surface area contributed by atoms with Crippen molar-refractivity contribution in [2.45, 2.75) is 72.6 Å². The standard InChI is InChI=1S/C24H35N3O2/c1-6-11-22-25-26-24(29-22)23(18(4)17(2)3)27-15-10-14-21(19(27)5)28-16-20-12-8-7-9-13-20/h10,14-15,17,20H,5-9,11-13,16H2,1-4H3/b23-18-. The van der Waals surface area contributed by atoms with Gasteiger partial charge in [-0.3, -0.25) is 0 Å². The number of rotatable bonds is 8. The summed E-state index contributed by atoms with van der Waals surface area (Å²) < 4.78 is 12.2. The summed E-state index contributed by atoms with van der Waals surface area (Å²) >= 11 is 0. The third-order valence-electron chi connectivity index (χ3n) is 5.87. The highest BCUT2D eigenvalue weighted by molar-refractivity contribution is 5.65. The molecular formula is C24H35N3O2. The van der Waals surface area contributed by atoms with E-state index in [0.717, 1.165) is 36.6 Å². The van der Waals surface area contributed by atoms with Gasteiger partial charge in [-0.05, 0) is 55.7 Å². The minimum Gasteiger partial charge on any atom is -0.491 e. The SMILES string of the molecule is C=C1C(OCC2CCCCC2)=CC=CN1/C(=C(/C)C(C)C)c1nnc(CCC)o1. The molecule has 0 amide bonds. The summed E-state index contributed by atoms with van der Waals surface area (Å²) in [5, 5.41) is 8.57. The molecule has 1 aliphatic heterocycles. The third kappa shape index (κ3) is 5.20. The molecule has 0 spiro atoms. The van der Waals surface area contributed by atoms with Gasteiger partial charge in [0.05, 0.1) is 12.3 Å². The summed E-state index contributed by atoms with van der Waals surface area (Å²) in [4.78, 5) is 2.04. The molecule has 0 bridgehead atoms. The smallest absolute Gasteiger partial charge is 0.264 e. The Morgan fingerprint density at radius 3 is 2.72 bits per heavy atom. The average molecular weight is 398 g/mol. The van der Waals surface area contributed by atoms with E-state index in [2.05, 4.69) is 44.5 Å². The molecule has 1 aromatic rings. The van der Waals surface area contributed by atoms with Crippen LogP contribution in [0.25, 0.3) is 5.70 Å². The second-order valence-corrected chi connectivity index (χ2v) is 8.44. The second kappa shape index (κ2) is 9.95. The van der Waals surface area contributed by atoms with Crippen LogP contribution >= 0.6 is 0 Å². The number of allylic oxidation sites excluding steroid dienone is 3. The first kappa shape index (κ1) is 21.4. The molecule has 0 radical (unpaired) electrons. The van der Waals surface area contributed by atoms with Crippen LogP contribution in [0.3, 0.4) is 0 Å². The molecule has 1 aromatic heterocycles. The number of aromatic nitrogens is 2. The molecule has 0 aromatic carbocycles. The van der Waals surface area contributed by atoms with Crippen molar-refractivity contribution in [3.63, 3.8) is 0 Å². The summed E-state index contributed by atoms with van der Waals surface area (Å²) in [7, 11) is 0. The maximum absolute atomic E-state index is 6.21. The van der Waals surface area contributed by atoms with E-state index >= 15 is 0 Å². The number of hydrogen-bond acceptors (Lipinski definition) is 5. The van der Waals surface area contributed by atoms with Gasteiger partial charge in [0.25, 0.3) is 5.89 Å². The maximum Gasteiger partial charge on any atom is 0.264 e. The zero-order valence-electron chi connectivity index (χ0n) is 18.4. The molecule has 5 heteroatoms. The molecule has 158 valence electrons. The van der Waals surface area contributed by atoms with E-state index in [4.69, 9.17) is 9.15 Å². The van der Waals surface area contributed by atoms with E-state index in [0.29, 0.717) is 23.6 Å². The minimum absolute atomic E-state index is 0.338. The number of ether oxygens (including phenoxy) is 1. The summed E-state index contributed by atoms with van der Waals surface area (Å²) in [5.41, 5.74) is 2.90. The summed E-state index contributed by atoms with van der Waals surface area (Å²) in [5.74, 6) is 3.02. The molecule has 0 N–H and O–H groups in total. The Morgan fingerprint density at radius 2 is 2.03 bits per heavy atom. The lowest BCUT2D eigenvalue weighted by Crippen LogP contribution is -2.23. The van der Waals surface area contributed by atoms with Crippen LogP contribution < -0.4 is 0 Å². The van der Waals surface area contributed by atoms with Crippen LogP contribution in [0.2, 0.25) is 0 Å². The quantitative estimate of drug-likeness (QED) is 0.520. The Labute approximate surface area is 175 Å². The number of nitrogens with zero attached hydrogens (tertiary/aromatic N) is 3. The van der Waals surface area contributed by atoms with E-state index in [-0.39, 0.29) is 0 Å². The van der Waals surface area contributed by atoms with Gasteiger partial charge >= 0.3 is 0 Å². The van der Waals surface area contributed by atoms with Gasteiger partial charge in [-0.1, -0.05) is 46.6 Å². The predicted octanol–water partition coefficient (Wildman–Crippen LogP) is 6.23. The van der Waals surface area contributed by atoms with Gasteiger partial charge in [0.1, 0.15) is 11.5 Å². The lowest BCUT2D eigenvalue weighted by Gasteiger charge is -2.31. The van der Waals surface area contributed by atoms with Crippen molar-refractivity contribution < 1.29 is 9.15 Å². The van der Waals surface area contributed by atoms with E-state index in [1.54, 1.807) is 0 Å².